The molecule has 52 heavy (non-hydrogen) atoms. The highest BCUT2D eigenvalue weighted by molar-refractivity contribution is 5.51. The lowest BCUT2D eigenvalue weighted by molar-refractivity contribution is 0.0921. The van der Waals surface area contributed by atoms with E-state index in [1.165, 1.54) is 51.4 Å². The van der Waals surface area contributed by atoms with Gasteiger partial charge in [-0.25, -0.2) is 15.0 Å². The molecule has 3 aromatic carbocycles. The van der Waals surface area contributed by atoms with Crippen molar-refractivity contribution in [1.29, 1.82) is 0 Å². The maximum absolute atomic E-state index is 13.4. The van der Waals surface area contributed by atoms with Crippen molar-refractivity contribution in [2.75, 3.05) is 0 Å². The minimum Gasteiger partial charge on any atom is -0.370 e. The third-order valence-electron chi connectivity index (χ3n) is 10.5. The van der Waals surface area contributed by atoms with Crippen LogP contribution in [0.2, 0.25) is 0 Å². The first-order chi connectivity index (χ1) is 25.6. The second-order valence-corrected chi connectivity index (χ2v) is 14.1. The molecule has 0 saturated heterocycles. The first-order valence-corrected chi connectivity index (χ1v) is 19.6. The third kappa shape index (κ3) is 7.85. The maximum atomic E-state index is 13.4. The molecule has 7 heteroatoms. The van der Waals surface area contributed by atoms with Gasteiger partial charge >= 0.3 is 0 Å². The number of nitrogens with zero attached hydrogens (tertiary/aromatic N) is 6. The highest BCUT2D eigenvalue weighted by atomic mass is 16.3. The number of hydrogen-bond acceptors (Lipinski definition) is 4. The Labute approximate surface area is 310 Å². The summed E-state index contributed by atoms with van der Waals surface area (Å²) in [5.74, 6) is 1.10. The molecular weight excluding hydrogens is 641 g/mol. The number of benzene rings is 3. The predicted molar refractivity (Wildman–Crippen MR) is 210 cm³/mol. The molecule has 0 fully saturated rings. The molecule has 1 N–H and O–H groups in total. The maximum Gasteiger partial charge on any atom is 0.224 e. The van der Waals surface area contributed by atoms with Crippen molar-refractivity contribution in [3.8, 4) is 0 Å². The number of aryl methyl sites for hydroxylation is 2. The molecule has 3 aromatic heterocycles. The molecule has 0 aliphatic carbocycles. The summed E-state index contributed by atoms with van der Waals surface area (Å²) in [7, 11) is 0. The zero-order valence-electron chi connectivity index (χ0n) is 31.2. The van der Waals surface area contributed by atoms with E-state index in [1.54, 1.807) is 12.4 Å². The molecule has 3 heterocycles. The molecule has 0 aliphatic rings. The van der Waals surface area contributed by atoms with Crippen molar-refractivity contribution in [2.24, 2.45) is 0 Å². The lowest BCUT2D eigenvalue weighted by atomic mass is 9.76. The van der Waals surface area contributed by atoms with Gasteiger partial charge in [-0.1, -0.05) is 169 Å². The molecule has 0 radical (unpaired) electrons. The van der Waals surface area contributed by atoms with E-state index in [1.807, 2.05) is 24.9 Å². The van der Waals surface area contributed by atoms with E-state index in [2.05, 4.69) is 119 Å². The quantitative estimate of drug-likeness (QED) is 0.0601. The van der Waals surface area contributed by atoms with Gasteiger partial charge in [-0.2, -0.15) is 0 Å². The van der Waals surface area contributed by atoms with Crippen molar-refractivity contribution < 1.29 is 5.11 Å². The number of imidazole rings is 3. The van der Waals surface area contributed by atoms with Crippen LogP contribution in [-0.2, 0) is 24.2 Å². The first kappa shape index (κ1) is 37.0. The molecule has 0 bridgehead atoms. The van der Waals surface area contributed by atoms with Crippen LogP contribution < -0.4 is 0 Å². The summed E-state index contributed by atoms with van der Waals surface area (Å²) >= 11 is 0. The Hall–Kier alpha value is -4.75. The van der Waals surface area contributed by atoms with Crippen molar-refractivity contribution in [1.82, 2.24) is 28.7 Å². The Morgan fingerprint density at radius 3 is 1.35 bits per heavy atom. The summed E-state index contributed by atoms with van der Waals surface area (Å²) < 4.78 is 6.39. The Balaban J connectivity index is 1.46. The fourth-order valence-corrected chi connectivity index (χ4v) is 7.75. The van der Waals surface area contributed by atoms with E-state index >= 15 is 0 Å². The van der Waals surface area contributed by atoms with Gasteiger partial charge in [-0.3, -0.25) is 0 Å². The minimum absolute atomic E-state index is 0.491. The molecule has 0 amide bonds. The van der Waals surface area contributed by atoms with Gasteiger partial charge < -0.3 is 18.8 Å². The second kappa shape index (κ2) is 18.1. The first-order valence-electron chi connectivity index (χ1n) is 19.6. The van der Waals surface area contributed by atoms with Crippen molar-refractivity contribution >= 4 is 0 Å². The zero-order valence-corrected chi connectivity index (χ0v) is 31.2. The predicted octanol–water partition coefficient (Wildman–Crippen LogP) is 10.1. The van der Waals surface area contributed by atoms with Crippen molar-refractivity contribution in [3.63, 3.8) is 0 Å². The molecule has 6 aromatic rings. The Bertz CT molecular complexity index is 1740. The number of rotatable bonds is 21. The Morgan fingerprint density at radius 2 is 0.923 bits per heavy atom. The van der Waals surface area contributed by atoms with Gasteiger partial charge in [0, 0.05) is 44.1 Å². The smallest absolute Gasteiger partial charge is 0.224 e. The van der Waals surface area contributed by atoms with Gasteiger partial charge in [0.1, 0.15) is 11.2 Å². The normalized spacial score (nSPS) is 12.1. The molecule has 0 atom stereocenters. The van der Waals surface area contributed by atoms with Gasteiger partial charge in [-0.15, -0.1) is 0 Å². The van der Waals surface area contributed by atoms with Crippen LogP contribution in [0.4, 0.5) is 0 Å². The number of aliphatic hydroxyl groups is 1. The van der Waals surface area contributed by atoms with Crippen LogP contribution in [0.3, 0.4) is 0 Å². The Morgan fingerprint density at radius 1 is 0.519 bits per heavy atom. The molecule has 6 rings (SSSR count). The summed E-state index contributed by atoms with van der Waals surface area (Å²) in [5, 5.41) is 13.4. The second-order valence-electron chi connectivity index (χ2n) is 14.1. The van der Waals surface area contributed by atoms with Crippen LogP contribution in [0.25, 0.3) is 0 Å². The average molecular weight is 697 g/mol. The SMILES string of the molecule is CCCCCCCCn1ccnc1C(O)(c1cn(C(c2ccccc2)(c2ccccc2)c2ccccc2)cn1)c1nccn1CCCCCCCC. The summed E-state index contributed by atoms with van der Waals surface area (Å²) in [4.78, 5) is 14.8. The fraction of sp³-hybridized carbons (Fsp3) is 0.400. The van der Waals surface area contributed by atoms with Crippen molar-refractivity contribution in [3.05, 3.63) is 162 Å². The van der Waals surface area contributed by atoms with Gasteiger partial charge in [0.25, 0.3) is 0 Å². The number of hydrogen-bond donors (Lipinski definition) is 1. The van der Waals surface area contributed by atoms with Gasteiger partial charge in [-0.05, 0) is 29.5 Å². The molecular formula is C45H56N6O. The lowest BCUT2D eigenvalue weighted by Crippen LogP contribution is -2.38. The molecule has 272 valence electrons. The van der Waals surface area contributed by atoms with Crippen LogP contribution in [0.1, 0.15) is 125 Å². The molecule has 0 spiro atoms. The third-order valence-corrected chi connectivity index (χ3v) is 10.5. The van der Waals surface area contributed by atoms with Gasteiger partial charge in [0.05, 0.1) is 6.33 Å². The highest BCUT2D eigenvalue weighted by Crippen LogP contribution is 2.42. The fourth-order valence-electron chi connectivity index (χ4n) is 7.75. The summed E-state index contributed by atoms with van der Waals surface area (Å²) in [5.41, 5.74) is 1.30. The van der Waals surface area contributed by atoms with Crippen molar-refractivity contribution in [2.45, 2.75) is 115 Å². The average Bonchev–Trinajstić information content (AvgIpc) is 3.99. The van der Waals surface area contributed by atoms with Gasteiger partial charge in [0.15, 0.2) is 11.6 Å². The van der Waals surface area contributed by atoms with Crippen LogP contribution in [-0.4, -0.2) is 33.8 Å². The zero-order chi connectivity index (χ0) is 36.1. The lowest BCUT2D eigenvalue weighted by Gasteiger charge is -2.37. The standard InChI is InChI=1S/C45H56N6O/c1-3-5-7-9-11-22-32-49-34-30-46-42(49)45(52,43-47-31-35-50(43)33-23-12-10-8-6-4-2)41-36-51(37-48-41)44(38-24-16-13-17-25-38,39-26-18-14-19-27-39)40-28-20-15-21-29-40/h13-21,24-31,34-37,52H,3-12,22-23,32-33H2,1-2H3. The summed E-state index contributed by atoms with van der Waals surface area (Å²) in [6.07, 6.45) is 25.8. The van der Waals surface area contributed by atoms with E-state index in [0.29, 0.717) is 17.3 Å². The number of unbranched alkanes of at least 4 members (excludes halogenated alkanes) is 10. The molecule has 0 aliphatic heterocycles. The van der Waals surface area contributed by atoms with Crippen LogP contribution in [0.5, 0.6) is 0 Å². The van der Waals surface area contributed by atoms with Crippen LogP contribution >= 0.6 is 0 Å². The Kier molecular flexibility index (Phi) is 12.9. The highest BCUT2D eigenvalue weighted by Gasteiger charge is 2.46. The number of aromatic nitrogens is 6. The van der Waals surface area contributed by atoms with E-state index in [9.17, 15) is 5.11 Å². The van der Waals surface area contributed by atoms with Gasteiger partial charge in [0.2, 0.25) is 5.60 Å². The largest absolute Gasteiger partial charge is 0.370 e. The molecule has 7 nitrogen and oxygen atoms in total. The molecule has 0 unspecified atom stereocenters. The summed E-state index contributed by atoms with van der Waals surface area (Å²) in [6.45, 7) is 6.04. The van der Waals surface area contributed by atoms with E-state index < -0.39 is 11.1 Å². The topological polar surface area (TPSA) is 73.7 Å². The monoisotopic (exact) mass is 696 g/mol. The molecule has 0 saturated carbocycles. The van der Waals surface area contributed by atoms with E-state index in [4.69, 9.17) is 15.0 Å². The summed E-state index contributed by atoms with van der Waals surface area (Å²) in [6, 6.07) is 31.7. The van der Waals surface area contributed by atoms with E-state index in [0.717, 1.165) is 55.5 Å². The minimum atomic E-state index is -1.70. The van der Waals surface area contributed by atoms with Crippen LogP contribution in [0, 0.1) is 0 Å². The van der Waals surface area contributed by atoms with Crippen LogP contribution in [0.15, 0.2) is 128 Å². The van der Waals surface area contributed by atoms with E-state index in [-0.39, 0.29) is 0 Å².